The van der Waals surface area contributed by atoms with Gasteiger partial charge in [-0.2, -0.15) is 13.2 Å². The van der Waals surface area contributed by atoms with Gasteiger partial charge in [-0.25, -0.2) is 12.7 Å². The van der Waals surface area contributed by atoms with Gasteiger partial charge in [-0.05, 0) is 17.7 Å². The second-order valence-electron chi connectivity index (χ2n) is 6.97. The van der Waals surface area contributed by atoms with Crippen molar-refractivity contribution in [2.24, 2.45) is 0 Å². The number of anilines is 3. The summed E-state index contributed by atoms with van der Waals surface area (Å²) < 4.78 is 65.8. The van der Waals surface area contributed by atoms with E-state index < -0.39 is 71.5 Å². The summed E-state index contributed by atoms with van der Waals surface area (Å²) in [6, 6.07) is -0.222. The van der Waals surface area contributed by atoms with Crippen molar-refractivity contribution in [1.29, 1.82) is 0 Å². The molecule has 3 rings (SSSR count). The van der Waals surface area contributed by atoms with Crippen LogP contribution in [0.1, 0.15) is 11.6 Å². The van der Waals surface area contributed by atoms with Gasteiger partial charge in [0.1, 0.15) is 17.4 Å². The summed E-state index contributed by atoms with van der Waals surface area (Å²) in [6.07, 6.45) is -4.99. The normalized spacial score (nSPS) is 13.4. The fraction of sp³-hybridized carbons (Fsp3) is 0.222. The number of nitrogens with one attached hydrogen (secondary N) is 2. The Kier molecular flexibility index (Phi) is 6.08. The largest absolute Gasteiger partial charge is 0.504 e. The van der Waals surface area contributed by atoms with Crippen LogP contribution in [0.2, 0.25) is 0 Å². The van der Waals surface area contributed by atoms with Gasteiger partial charge in [0.15, 0.2) is 21.5 Å². The average molecular weight is 507 g/mol. The van der Waals surface area contributed by atoms with Crippen molar-refractivity contribution in [2.75, 3.05) is 24.7 Å². The summed E-state index contributed by atoms with van der Waals surface area (Å²) >= 11 is 0.596. The fourth-order valence-corrected chi connectivity index (χ4v) is 5.15. The van der Waals surface area contributed by atoms with Crippen molar-refractivity contribution in [1.82, 2.24) is 4.31 Å². The highest BCUT2D eigenvalue weighted by Crippen LogP contribution is 2.42. The van der Waals surface area contributed by atoms with E-state index in [1.807, 2.05) is 5.32 Å². The Morgan fingerprint density at radius 2 is 1.64 bits per heavy atom. The number of halogens is 3. The maximum Gasteiger partial charge on any atom is 0.412 e. The molecule has 1 heterocycles. The minimum Gasteiger partial charge on any atom is -0.504 e. The van der Waals surface area contributed by atoms with Crippen molar-refractivity contribution in [3.8, 4) is 17.2 Å². The monoisotopic (exact) mass is 507 g/mol. The minimum atomic E-state index is -4.99. The lowest BCUT2D eigenvalue weighted by atomic mass is 10.0. The molecule has 0 fully saturated rings. The molecule has 0 amide bonds. The second-order valence-corrected chi connectivity index (χ2v) is 10.2. The van der Waals surface area contributed by atoms with Gasteiger partial charge in [-0.15, -0.1) is 11.3 Å². The first-order chi connectivity index (χ1) is 15.2. The first-order valence-electron chi connectivity index (χ1n) is 8.84. The highest BCUT2D eigenvalue weighted by Gasteiger charge is 2.43. The molecule has 1 aromatic heterocycles. The van der Waals surface area contributed by atoms with Crippen LogP contribution in [0.4, 0.5) is 30.2 Å². The molecule has 0 saturated carbocycles. The zero-order valence-electron chi connectivity index (χ0n) is 16.8. The minimum absolute atomic E-state index is 0.304. The molecule has 15 heteroatoms. The van der Waals surface area contributed by atoms with E-state index in [0.29, 0.717) is 17.4 Å². The molecular weight excluding hydrogens is 491 g/mol. The summed E-state index contributed by atoms with van der Waals surface area (Å²) in [4.78, 5) is 24.0. The molecule has 3 aromatic rings. The highest BCUT2D eigenvalue weighted by molar-refractivity contribution is 7.91. The van der Waals surface area contributed by atoms with Gasteiger partial charge >= 0.3 is 6.18 Å². The van der Waals surface area contributed by atoms with Crippen LogP contribution in [0.15, 0.2) is 37.4 Å². The number of hydrogen-bond donors (Lipinski definition) is 5. The maximum absolute atomic E-state index is 13.7. The van der Waals surface area contributed by atoms with E-state index in [1.54, 1.807) is 0 Å². The number of hydrogen-bond acceptors (Lipinski definition) is 10. The Morgan fingerprint density at radius 3 is 2.18 bits per heavy atom. The topological polar surface area (TPSA) is 156 Å². The highest BCUT2D eigenvalue weighted by atomic mass is 32.2. The molecule has 33 heavy (non-hydrogen) atoms. The molecule has 0 aliphatic carbocycles. The lowest BCUT2D eigenvalue weighted by molar-refractivity contribution is -0.144. The van der Waals surface area contributed by atoms with Crippen LogP contribution >= 0.6 is 11.3 Å². The lowest BCUT2D eigenvalue weighted by Crippen LogP contribution is -2.40. The van der Waals surface area contributed by atoms with Crippen LogP contribution in [0.25, 0.3) is 0 Å². The van der Waals surface area contributed by atoms with Gasteiger partial charge in [0.25, 0.3) is 20.9 Å². The number of benzene rings is 1. The number of nitrogens with zero attached hydrogens (tertiary/aromatic N) is 1. The number of sulfonamides is 1. The molecule has 0 bridgehead atoms. The van der Waals surface area contributed by atoms with Gasteiger partial charge in [-0.1, -0.05) is 6.07 Å². The van der Waals surface area contributed by atoms with E-state index in [4.69, 9.17) is 0 Å². The Bertz CT molecular complexity index is 1390. The first kappa shape index (κ1) is 24.3. The fourth-order valence-electron chi connectivity index (χ4n) is 2.77. The smallest absolute Gasteiger partial charge is 0.412 e. The summed E-state index contributed by atoms with van der Waals surface area (Å²) in [5.41, 5.74) is -4.69. The molecule has 0 spiro atoms. The summed E-state index contributed by atoms with van der Waals surface area (Å²) in [7, 11) is -1.60. The van der Waals surface area contributed by atoms with Crippen LogP contribution in [-0.4, -0.2) is 48.3 Å². The van der Waals surface area contributed by atoms with Gasteiger partial charge < -0.3 is 26.0 Å². The van der Waals surface area contributed by atoms with Crippen LogP contribution in [0.5, 0.6) is 17.2 Å². The van der Waals surface area contributed by atoms with Gasteiger partial charge in [0.05, 0.1) is 5.69 Å². The Labute approximate surface area is 187 Å². The molecule has 1 atom stereocenters. The standard InChI is InChI=1S/C18H16F3N3O7S2/c1-24(2)33(30,31)17-13(27)8(6-32-17)22-11-12(15(29)14(11)28)23-16(18(19,20)21)7-3-4-9(25)10(26)5-7/h3-6,16,22-23,25-27H,1-2H3/t16-/m0/s1. The van der Waals surface area contributed by atoms with E-state index in [1.165, 1.54) is 14.1 Å². The zero-order chi connectivity index (χ0) is 24.9. The summed E-state index contributed by atoms with van der Waals surface area (Å²) in [5, 5.41) is 34.4. The van der Waals surface area contributed by atoms with E-state index in [9.17, 15) is 46.5 Å². The van der Waals surface area contributed by atoms with Crippen LogP contribution < -0.4 is 21.5 Å². The van der Waals surface area contributed by atoms with E-state index in [0.717, 1.165) is 21.8 Å². The predicted octanol–water partition coefficient (Wildman–Crippen LogP) is 2.17. The van der Waals surface area contributed by atoms with Crippen LogP contribution in [0.3, 0.4) is 0 Å². The Balaban J connectivity index is 1.98. The molecule has 178 valence electrons. The van der Waals surface area contributed by atoms with Crippen molar-refractivity contribution < 1.29 is 36.9 Å². The van der Waals surface area contributed by atoms with Crippen molar-refractivity contribution in [3.05, 3.63) is 49.6 Å². The molecule has 0 saturated heterocycles. The SMILES string of the molecule is CN(C)S(=O)(=O)c1scc(Nc2c(N[C@@H](c3ccc(O)c(O)c3)C(F)(F)F)c(=O)c2=O)c1O. The molecule has 2 aromatic carbocycles. The lowest BCUT2D eigenvalue weighted by Gasteiger charge is -2.25. The quantitative estimate of drug-likeness (QED) is 0.239. The van der Waals surface area contributed by atoms with Gasteiger partial charge in [0, 0.05) is 19.5 Å². The molecule has 0 aliphatic heterocycles. The third-order valence-corrected chi connectivity index (χ3v) is 7.87. The zero-order valence-corrected chi connectivity index (χ0v) is 18.4. The summed E-state index contributed by atoms with van der Waals surface area (Å²) in [5.74, 6) is -2.26. The second kappa shape index (κ2) is 8.24. The Hall–Kier alpha value is -3.30. The number of alkyl halides is 3. The number of phenols is 2. The molecule has 0 radical (unpaired) electrons. The molecule has 0 aliphatic rings. The maximum atomic E-state index is 13.7. The number of phenolic OH excluding ortho intramolecular Hbond substituents is 2. The molecular formula is C18H16F3N3O7S2. The Morgan fingerprint density at radius 1 is 1.03 bits per heavy atom. The van der Waals surface area contributed by atoms with Crippen LogP contribution in [0, 0.1) is 0 Å². The number of aromatic hydroxyl groups is 3. The third kappa shape index (κ3) is 4.34. The average Bonchev–Trinajstić information content (AvgIpc) is 3.09. The number of thiophene rings is 1. The van der Waals surface area contributed by atoms with Gasteiger partial charge in [0.2, 0.25) is 0 Å². The van der Waals surface area contributed by atoms with E-state index in [-0.39, 0.29) is 5.69 Å². The van der Waals surface area contributed by atoms with E-state index >= 15 is 0 Å². The predicted molar refractivity (Wildman–Crippen MR) is 114 cm³/mol. The summed E-state index contributed by atoms with van der Waals surface area (Å²) in [6.45, 7) is 0. The molecule has 0 unspecified atom stereocenters. The third-order valence-electron chi connectivity index (χ3n) is 4.57. The van der Waals surface area contributed by atoms with Crippen LogP contribution in [-0.2, 0) is 10.0 Å². The van der Waals surface area contributed by atoms with Crippen molar-refractivity contribution >= 4 is 38.4 Å². The molecule has 5 N–H and O–H groups in total. The molecule has 10 nitrogen and oxygen atoms in total. The number of rotatable bonds is 7. The van der Waals surface area contributed by atoms with Crippen molar-refractivity contribution in [3.63, 3.8) is 0 Å². The van der Waals surface area contributed by atoms with Crippen molar-refractivity contribution in [2.45, 2.75) is 16.4 Å². The van der Waals surface area contributed by atoms with E-state index in [2.05, 4.69) is 5.32 Å². The first-order valence-corrected chi connectivity index (χ1v) is 11.2. The van der Waals surface area contributed by atoms with Gasteiger partial charge in [-0.3, -0.25) is 9.59 Å².